The normalized spacial score (nSPS) is 43.0. The van der Waals surface area contributed by atoms with Crippen LogP contribution in [0.5, 0.6) is 0 Å². The SMILES string of the molecule is BC1CCC(C2CCC(C3=CCC(C)CC3)CC2)CC1. The number of allylic oxidation sites excluding steroid dienone is 2. The molecular weight excluding hydrogens is 239 g/mol. The molecule has 0 aromatic rings. The summed E-state index contributed by atoms with van der Waals surface area (Å²) in [7, 11) is 2.45. The minimum atomic E-state index is 0.944. The highest BCUT2D eigenvalue weighted by atomic mass is 14.4. The molecule has 0 spiro atoms. The van der Waals surface area contributed by atoms with Gasteiger partial charge in [-0.3, -0.25) is 0 Å². The molecule has 0 heterocycles. The molecule has 0 aromatic carbocycles. The molecule has 0 bridgehead atoms. The molecular formula is C19H33B. The Morgan fingerprint density at radius 2 is 1.45 bits per heavy atom. The minimum Gasteiger partial charge on any atom is -0.0848 e. The van der Waals surface area contributed by atoms with Crippen LogP contribution < -0.4 is 0 Å². The molecule has 1 atom stereocenters. The first-order chi connectivity index (χ1) is 9.72. The topological polar surface area (TPSA) is 0 Å². The zero-order chi connectivity index (χ0) is 13.9. The van der Waals surface area contributed by atoms with Gasteiger partial charge in [-0.2, -0.15) is 0 Å². The predicted molar refractivity (Wildman–Crippen MR) is 90.8 cm³/mol. The lowest BCUT2D eigenvalue weighted by Crippen LogP contribution is -2.25. The fraction of sp³-hybridized carbons (Fsp3) is 0.895. The van der Waals surface area contributed by atoms with Crippen LogP contribution in [0.15, 0.2) is 11.6 Å². The Bertz CT molecular complexity index is 330. The van der Waals surface area contributed by atoms with E-state index in [0.29, 0.717) is 0 Å². The van der Waals surface area contributed by atoms with Crippen molar-refractivity contribution in [3.63, 3.8) is 0 Å². The smallest absolute Gasteiger partial charge is 0.0848 e. The molecule has 0 aromatic heterocycles. The summed E-state index contributed by atoms with van der Waals surface area (Å²) in [5.41, 5.74) is 1.85. The van der Waals surface area contributed by atoms with E-state index in [4.69, 9.17) is 0 Å². The van der Waals surface area contributed by atoms with Gasteiger partial charge in [-0.25, -0.2) is 0 Å². The van der Waals surface area contributed by atoms with Crippen molar-refractivity contribution in [2.75, 3.05) is 0 Å². The molecule has 2 saturated carbocycles. The third kappa shape index (κ3) is 3.52. The highest BCUT2D eigenvalue weighted by Crippen LogP contribution is 2.44. The second-order valence-electron chi connectivity index (χ2n) is 8.29. The Balaban J connectivity index is 1.47. The molecule has 0 nitrogen and oxygen atoms in total. The summed E-state index contributed by atoms with van der Waals surface area (Å²) in [6.45, 7) is 2.41. The second-order valence-corrected chi connectivity index (χ2v) is 8.29. The average Bonchev–Trinajstić information content (AvgIpc) is 2.49. The molecule has 112 valence electrons. The molecule has 20 heavy (non-hydrogen) atoms. The van der Waals surface area contributed by atoms with E-state index in [2.05, 4.69) is 20.8 Å². The summed E-state index contributed by atoms with van der Waals surface area (Å²) in [5.74, 6) is 5.10. The van der Waals surface area contributed by atoms with Crippen molar-refractivity contribution in [2.45, 2.75) is 83.4 Å². The van der Waals surface area contributed by atoms with E-state index in [1.54, 1.807) is 0 Å². The zero-order valence-corrected chi connectivity index (χ0v) is 13.7. The van der Waals surface area contributed by atoms with E-state index in [0.717, 1.165) is 29.5 Å². The standard InChI is InChI=1S/C19H33B/c1-14-2-4-15(5-3-14)16-6-8-17(9-7-16)18-10-12-19(20)13-11-18/h4,14,16-19H,2-3,5-13,20H2,1H3. The molecule has 0 amide bonds. The summed E-state index contributed by atoms with van der Waals surface area (Å²) >= 11 is 0. The highest BCUT2D eigenvalue weighted by molar-refractivity contribution is 6.11. The van der Waals surface area contributed by atoms with Crippen LogP contribution in [0, 0.1) is 23.7 Å². The average molecular weight is 272 g/mol. The van der Waals surface area contributed by atoms with Gasteiger partial charge in [-0.15, -0.1) is 0 Å². The fourth-order valence-electron chi connectivity index (χ4n) is 5.07. The summed E-state index contributed by atoms with van der Waals surface area (Å²) in [4.78, 5) is 0. The van der Waals surface area contributed by atoms with E-state index in [9.17, 15) is 0 Å². The predicted octanol–water partition coefficient (Wildman–Crippen LogP) is 5.15. The summed E-state index contributed by atoms with van der Waals surface area (Å²) in [5, 5.41) is 0. The van der Waals surface area contributed by atoms with Crippen LogP contribution in [0.2, 0.25) is 5.82 Å². The van der Waals surface area contributed by atoms with Gasteiger partial charge in [0.15, 0.2) is 0 Å². The van der Waals surface area contributed by atoms with Gasteiger partial charge < -0.3 is 0 Å². The lowest BCUT2D eigenvalue weighted by molar-refractivity contribution is 0.175. The Kier molecular flexibility index (Phi) is 4.94. The Morgan fingerprint density at radius 3 is 2.00 bits per heavy atom. The molecule has 0 N–H and O–H groups in total. The Labute approximate surface area is 127 Å². The maximum Gasteiger partial charge on any atom is 0.105 e. The number of hydrogen-bond donors (Lipinski definition) is 0. The fourth-order valence-corrected chi connectivity index (χ4v) is 5.07. The van der Waals surface area contributed by atoms with Crippen LogP contribution in [-0.2, 0) is 0 Å². The van der Waals surface area contributed by atoms with Crippen molar-refractivity contribution in [3.05, 3.63) is 11.6 Å². The van der Waals surface area contributed by atoms with Gasteiger partial charge in [0.2, 0.25) is 0 Å². The molecule has 0 aliphatic heterocycles. The van der Waals surface area contributed by atoms with Crippen molar-refractivity contribution in [3.8, 4) is 0 Å². The largest absolute Gasteiger partial charge is 0.105 e. The molecule has 3 aliphatic rings. The minimum absolute atomic E-state index is 0.944. The van der Waals surface area contributed by atoms with Gasteiger partial charge >= 0.3 is 0 Å². The molecule has 1 heteroatoms. The molecule has 3 rings (SSSR count). The molecule has 3 aliphatic carbocycles. The van der Waals surface area contributed by atoms with Crippen LogP contribution in [-0.4, -0.2) is 7.85 Å². The van der Waals surface area contributed by atoms with Crippen LogP contribution in [0.25, 0.3) is 0 Å². The Hall–Kier alpha value is -0.195. The molecule has 0 radical (unpaired) electrons. The molecule has 0 saturated heterocycles. The van der Waals surface area contributed by atoms with Gasteiger partial charge in [0, 0.05) is 0 Å². The van der Waals surface area contributed by atoms with Crippen LogP contribution in [0.4, 0.5) is 0 Å². The molecule has 1 unspecified atom stereocenters. The second kappa shape index (κ2) is 6.71. The lowest BCUT2D eigenvalue weighted by Gasteiger charge is -2.38. The number of hydrogen-bond acceptors (Lipinski definition) is 0. The van der Waals surface area contributed by atoms with E-state index in [-0.39, 0.29) is 0 Å². The van der Waals surface area contributed by atoms with Gasteiger partial charge in [0.1, 0.15) is 7.85 Å². The van der Waals surface area contributed by atoms with Gasteiger partial charge in [-0.1, -0.05) is 50.1 Å². The van der Waals surface area contributed by atoms with Gasteiger partial charge in [0.25, 0.3) is 0 Å². The zero-order valence-electron chi connectivity index (χ0n) is 13.7. The maximum atomic E-state index is 2.61. The van der Waals surface area contributed by atoms with E-state index in [1.165, 1.54) is 70.6 Å². The van der Waals surface area contributed by atoms with Crippen LogP contribution in [0.3, 0.4) is 0 Å². The van der Waals surface area contributed by atoms with Gasteiger partial charge in [-0.05, 0) is 68.6 Å². The summed E-state index contributed by atoms with van der Waals surface area (Å²) in [6.07, 6.45) is 19.0. The van der Waals surface area contributed by atoms with Crippen LogP contribution >= 0.6 is 0 Å². The first kappa shape index (κ1) is 14.7. The van der Waals surface area contributed by atoms with E-state index in [1.807, 2.05) is 5.57 Å². The summed E-state index contributed by atoms with van der Waals surface area (Å²) < 4.78 is 0. The van der Waals surface area contributed by atoms with Crippen molar-refractivity contribution in [1.29, 1.82) is 0 Å². The van der Waals surface area contributed by atoms with Crippen molar-refractivity contribution >= 4 is 7.85 Å². The van der Waals surface area contributed by atoms with Crippen LogP contribution in [0.1, 0.15) is 77.6 Å². The third-order valence-corrected chi connectivity index (χ3v) is 6.73. The number of rotatable bonds is 2. The highest BCUT2D eigenvalue weighted by Gasteiger charge is 2.31. The van der Waals surface area contributed by atoms with Crippen molar-refractivity contribution in [1.82, 2.24) is 0 Å². The van der Waals surface area contributed by atoms with Gasteiger partial charge in [0.05, 0.1) is 0 Å². The lowest BCUT2D eigenvalue weighted by atomic mass is 9.64. The first-order valence-electron chi connectivity index (χ1n) is 9.41. The van der Waals surface area contributed by atoms with Crippen molar-refractivity contribution < 1.29 is 0 Å². The van der Waals surface area contributed by atoms with E-state index >= 15 is 0 Å². The van der Waals surface area contributed by atoms with E-state index < -0.39 is 0 Å². The first-order valence-corrected chi connectivity index (χ1v) is 9.41. The maximum absolute atomic E-state index is 2.61. The Morgan fingerprint density at radius 1 is 0.850 bits per heavy atom. The third-order valence-electron chi connectivity index (χ3n) is 6.73. The summed E-state index contributed by atoms with van der Waals surface area (Å²) in [6, 6.07) is 0. The van der Waals surface area contributed by atoms with Crippen molar-refractivity contribution in [2.24, 2.45) is 23.7 Å². The monoisotopic (exact) mass is 272 g/mol. The quantitative estimate of drug-likeness (QED) is 0.481. The molecule has 2 fully saturated rings.